The van der Waals surface area contributed by atoms with E-state index in [0.29, 0.717) is 12.1 Å². The predicted octanol–water partition coefficient (Wildman–Crippen LogP) is 4.16. The molecule has 0 saturated carbocycles. The number of piperidine rings is 1. The lowest BCUT2D eigenvalue weighted by atomic mass is 9.88. The molecule has 0 bridgehead atoms. The number of rotatable bonds is 2. The van der Waals surface area contributed by atoms with Crippen LogP contribution >= 0.6 is 15.9 Å². The van der Waals surface area contributed by atoms with Crippen molar-refractivity contribution >= 4 is 21.6 Å². The van der Waals surface area contributed by atoms with Crippen molar-refractivity contribution in [2.45, 2.75) is 44.7 Å². The maximum absolute atomic E-state index is 4.81. The van der Waals surface area contributed by atoms with Crippen LogP contribution in [0.2, 0.25) is 0 Å². The number of likely N-dealkylation sites (tertiary alicyclic amines) is 1. The Morgan fingerprint density at radius 2 is 2.10 bits per heavy atom. The highest BCUT2D eigenvalue weighted by atomic mass is 79.9. The molecule has 2 atom stereocenters. The Labute approximate surface area is 135 Å². The van der Waals surface area contributed by atoms with Crippen molar-refractivity contribution in [2.24, 2.45) is 4.99 Å². The van der Waals surface area contributed by atoms with Crippen LogP contribution in [0.15, 0.2) is 39.4 Å². The summed E-state index contributed by atoms with van der Waals surface area (Å²) in [7, 11) is 2.22. The van der Waals surface area contributed by atoms with Crippen molar-refractivity contribution in [3.05, 3.63) is 40.1 Å². The molecule has 0 radical (unpaired) electrons. The van der Waals surface area contributed by atoms with Crippen molar-refractivity contribution in [3.63, 3.8) is 0 Å². The predicted molar refractivity (Wildman–Crippen MR) is 90.8 cm³/mol. The Morgan fingerprint density at radius 1 is 1.29 bits per heavy atom. The fourth-order valence-corrected chi connectivity index (χ4v) is 4.01. The molecule has 3 nitrogen and oxygen atoms in total. The highest BCUT2D eigenvalue weighted by Crippen LogP contribution is 2.36. The van der Waals surface area contributed by atoms with Gasteiger partial charge in [-0.05, 0) is 73.3 Å². The second-order valence-electron chi connectivity index (χ2n) is 5.94. The molecule has 1 saturated heterocycles. The number of pyridine rings is 1. The second-order valence-corrected chi connectivity index (χ2v) is 6.80. The second kappa shape index (κ2) is 6.41. The van der Waals surface area contributed by atoms with Crippen molar-refractivity contribution in [2.75, 3.05) is 13.6 Å². The third-order valence-electron chi connectivity index (χ3n) is 4.62. The van der Waals surface area contributed by atoms with Gasteiger partial charge in [-0.15, -0.1) is 0 Å². The average molecular weight is 348 g/mol. The van der Waals surface area contributed by atoms with Gasteiger partial charge in [0, 0.05) is 17.2 Å². The summed E-state index contributed by atoms with van der Waals surface area (Å²) in [6.07, 6.45) is 8.90. The number of nitrogens with zero attached hydrogens (tertiary/aromatic N) is 3. The van der Waals surface area contributed by atoms with Gasteiger partial charge in [0.05, 0.1) is 23.5 Å². The minimum Gasteiger partial charge on any atom is -0.289 e. The molecular formula is C17H22BrN3. The van der Waals surface area contributed by atoms with Crippen LogP contribution in [0, 0.1) is 0 Å². The Hall–Kier alpha value is -1.00. The highest BCUT2D eigenvalue weighted by molar-refractivity contribution is 9.10. The Morgan fingerprint density at radius 3 is 2.86 bits per heavy atom. The Bertz CT molecular complexity index is 579. The molecule has 0 amide bonds. The fourth-order valence-electron chi connectivity index (χ4n) is 3.49. The molecule has 3 rings (SSSR count). The summed E-state index contributed by atoms with van der Waals surface area (Å²) in [6.45, 7) is 3.14. The first-order valence-corrected chi connectivity index (χ1v) is 8.51. The van der Waals surface area contributed by atoms with Crippen molar-refractivity contribution in [1.29, 1.82) is 0 Å². The van der Waals surface area contributed by atoms with Gasteiger partial charge in [0.2, 0.25) is 0 Å². The molecule has 4 heteroatoms. The molecule has 1 fully saturated rings. The molecule has 1 aromatic rings. The largest absolute Gasteiger partial charge is 0.289 e. The topological polar surface area (TPSA) is 28.5 Å². The van der Waals surface area contributed by atoms with Gasteiger partial charge < -0.3 is 0 Å². The van der Waals surface area contributed by atoms with Crippen LogP contribution in [0.5, 0.6) is 0 Å². The monoisotopic (exact) mass is 347 g/mol. The lowest BCUT2D eigenvalue weighted by Gasteiger charge is -2.40. The van der Waals surface area contributed by atoms with Crippen LogP contribution in [0.3, 0.4) is 0 Å². The van der Waals surface area contributed by atoms with Crippen LogP contribution in [-0.4, -0.2) is 35.2 Å². The lowest BCUT2D eigenvalue weighted by molar-refractivity contribution is 0.150. The normalized spacial score (nSPS) is 27.2. The number of dihydropyridines is 1. The van der Waals surface area contributed by atoms with Crippen LogP contribution in [0.1, 0.15) is 44.3 Å². The van der Waals surface area contributed by atoms with Crippen LogP contribution in [0.25, 0.3) is 0 Å². The van der Waals surface area contributed by atoms with E-state index in [9.17, 15) is 0 Å². The van der Waals surface area contributed by atoms with Gasteiger partial charge in [0.15, 0.2) is 0 Å². The molecule has 2 unspecified atom stereocenters. The average Bonchev–Trinajstić information content (AvgIpc) is 2.49. The zero-order valence-corrected chi connectivity index (χ0v) is 14.3. The molecule has 2 aliphatic heterocycles. The first-order chi connectivity index (χ1) is 10.2. The van der Waals surface area contributed by atoms with E-state index in [1.165, 1.54) is 30.5 Å². The maximum Gasteiger partial charge on any atom is 0.0717 e. The van der Waals surface area contributed by atoms with Gasteiger partial charge in [0.25, 0.3) is 0 Å². The van der Waals surface area contributed by atoms with Crippen molar-refractivity contribution < 1.29 is 0 Å². The van der Waals surface area contributed by atoms with Crippen molar-refractivity contribution in [1.82, 2.24) is 9.88 Å². The quantitative estimate of drug-likeness (QED) is 0.803. The molecule has 0 spiro atoms. The third kappa shape index (κ3) is 2.97. The molecule has 1 aromatic heterocycles. The van der Waals surface area contributed by atoms with E-state index in [2.05, 4.69) is 51.9 Å². The SMILES string of the molecule is CC1=CCCN=C1C1CCCC(c2ncccc2Br)N1C. The molecular weight excluding hydrogens is 326 g/mol. The number of hydrogen-bond acceptors (Lipinski definition) is 3. The van der Waals surface area contributed by atoms with Crippen LogP contribution in [-0.2, 0) is 0 Å². The van der Waals surface area contributed by atoms with E-state index in [1.54, 1.807) is 0 Å². The van der Waals surface area contributed by atoms with Crippen LogP contribution < -0.4 is 0 Å². The minimum absolute atomic E-state index is 0.372. The van der Waals surface area contributed by atoms with E-state index in [-0.39, 0.29) is 0 Å². The highest BCUT2D eigenvalue weighted by Gasteiger charge is 2.33. The third-order valence-corrected chi connectivity index (χ3v) is 5.29. The smallest absolute Gasteiger partial charge is 0.0717 e. The zero-order chi connectivity index (χ0) is 14.8. The number of hydrogen-bond donors (Lipinski definition) is 0. The van der Waals surface area contributed by atoms with Gasteiger partial charge in [-0.1, -0.05) is 6.08 Å². The van der Waals surface area contributed by atoms with Gasteiger partial charge in [0.1, 0.15) is 0 Å². The van der Waals surface area contributed by atoms with Gasteiger partial charge in [-0.2, -0.15) is 0 Å². The zero-order valence-electron chi connectivity index (χ0n) is 12.7. The van der Waals surface area contributed by atoms with E-state index in [4.69, 9.17) is 4.99 Å². The number of aliphatic imine (C=N–C) groups is 1. The van der Waals surface area contributed by atoms with Gasteiger partial charge >= 0.3 is 0 Å². The van der Waals surface area contributed by atoms with E-state index < -0.39 is 0 Å². The van der Waals surface area contributed by atoms with Gasteiger partial charge in [-0.3, -0.25) is 14.9 Å². The lowest BCUT2D eigenvalue weighted by Crippen LogP contribution is -2.45. The minimum atomic E-state index is 0.372. The maximum atomic E-state index is 4.81. The van der Waals surface area contributed by atoms with E-state index in [1.807, 2.05) is 12.3 Å². The van der Waals surface area contributed by atoms with Crippen LogP contribution in [0.4, 0.5) is 0 Å². The standard InChI is InChI=1S/C17H22BrN3/c1-12-6-4-10-19-16(12)14-8-3-9-15(21(14)2)17-13(18)7-5-11-20-17/h5-7,11,14-15H,3-4,8-10H2,1-2H3. The Balaban J connectivity index is 1.87. The molecule has 0 N–H and O–H groups in total. The summed E-state index contributed by atoms with van der Waals surface area (Å²) in [5.74, 6) is 0. The fraction of sp³-hybridized carbons (Fsp3) is 0.529. The molecule has 2 aliphatic rings. The van der Waals surface area contributed by atoms with Crippen molar-refractivity contribution in [3.8, 4) is 0 Å². The Kier molecular flexibility index (Phi) is 4.55. The van der Waals surface area contributed by atoms with E-state index >= 15 is 0 Å². The number of aromatic nitrogens is 1. The molecule has 112 valence electrons. The number of halogens is 1. The summed E-state index contributed by atoms with van der Waals surface area (Å²) in [5.41, 5.74) is 3.81. The molecule has 21 heavy (non-hydrogen) atoms. The molecule has 0 aliphatic carbocycles. The molecule has 3 heterocycles. The summed E-state index contributed by atoms with van der Waals surface area (Å²) in [5, 5.41) is 0. The van der Waals surface area contributed by atoms with E-state index in [0.717, 1.165) is 23.1 Å². The first kappa shape index (κ1) is 14.9. The summed E-state index contributed by atoms with van der Waals surface area (Å²) in [6, 6.07) is 4.86. The van der Waals surface area contributed by atoms with Gasteiger partial charge in [-0.25, -0.2) is 0 Å². The summed E-state index contributed by atoms with van der Waals surface area (Å²) >= 11 is 3.66. The summed E-state index contributed by atoms with van der Waals surface area (Å²) < 4.78 is 1.11. The first-order valence-electron chi connectivity index (χ1n) is 7.72. The molecule has 0 aromatic carbocycles. The summed E-state index contributed by atoms with van der Waals surface area (Å²) in [4.78, 5) is 11.9.